The zero-order valence-electron chi connectivity index (χ0n) is 13.7. The van der Waals surface area contributed by atoms with Crippen molar-refractivity contribution in [1.29, 1.82) is 0 Å². The second-order valence-electron chi connectivity index (χ2n) is 8.29. The van der Waals surface area contributed by atoms with Gasteiger partial charge in [-0.3, -0.25) is 0 Å². The van der Waals surface area contributed by atoms with Crippen LogP contribution in [0.15, 0.2) is 12.4 Å². The average Bonchev–Trinajstić information content (AvgIpc) is 2.83. The number of hydrogen-bond donors (Lipinski definition) is 1. The van der Waals surface area contributed by atoms with E-state index < -0.39 is 0 Å². The van der Waals surface area contributed by atoms with Crippen LogP contribution in [0.1, 0.15) is 64.2 Å². The Morgan fingerprint density at radius 1 is 1.14 bits per heavy atom. The van der Waals surface area contributed by atoms with Crippen LogP contribution in [0.25, 0.3) is 0 Å². The van der Waals surface area contributed by atoms with E-state index in [0.717, 1.165) is 23.6 Å². The van der Waals surface area contributed by atoms with E-state index in [1.54, 1.807) is 0 Å². The highest BCUT2D eigenvalue weighted by atomic mass is 15.1. The highest BCUT2D eigenvalue weighted by Gasteiger charge is 2.53. The lowest BCUT2D eigenvalue weighted by atomic mass is 9.48. The number of imidazole rings is 1. The summed E-state index contributed by atoms with van der Waals surface area (Å²) in [6.45, 7) is 4.70. The Labute approximate surface area is 128 Å². The molecule has 1 heterocycles. The summed E-state index contributed by atoms with van der Waals surface area (Å²) in [6.07, 6.45) is 13.0. The molecule has 4 aliphatic rings. The molecule has 1 aromatic heterocycles. The molecule has 4 aliphatic carbocycles. The topological polar surface area (TPSA) is 29.9 Å². The zero-order chi connectivity index (χ0) is 14.6. The van der Waals surface area contributed by atoms with Gasteiger partial charge in [-0.2, -0.15) is 0 Å². The summed E-state index contributed by atoms with van der Waals surface area (Å²) in [5.41, 5.74) is 0.578. The van der Waals surface area contributed by atoms with Gasteiger partial charge in [-0.15, -0.1) is 0 Å². The van der Waals surface area contributed by atoms with E-state index in [9.17, 15) is 0 Å². The van der Waals surface area contributed by atoms with Gasteiger partial charge in [-0.25, -0.2) is 4.98 Å². The van der Waals surface area contributed by atoms with Crippen LogP contribution in [0, 0.1) is 23.2 Å². The van der Waals surface area contributed by atoms with Crippen LogP contribution in [0.2, 0.25) is 0 Å². The Morgan fingerprint density at radius 2 is 1.71 bits per heavy atom. The van der Waals surface area contributed by atoms with Gasteiger partial charge < -0.3 is 9.88 Å². The summed E-state index contributed by atoms with van der Waals surface area (Å²) < 4.78 is 2.14. The predicted molar refractivity (Wildman–Crippen MR) is 84.8 cm³/mol. The fraction of sp³-hybridized carbons (Fsp3) is 0.833. The molecule has 1 N–H and O–H groups in total. The van der Waals surface area contributed by atoms with Gasteiger partial charge in [0, 0.05) is 25.5 Å². The molecule has 2 atom stereocenters. The van der Waals surface area contributed by atoms with E-state index in [4.69, 9.17) is 0 Å². The first-order chi connectivity index (χ1) is 10.1. The highest BCUT2D eigenvalue weighted by molar-refractivity contribution is 5.07. The monoisotopic (exact) mass is 287 g/mol. The summed E-state index contributed by atoms with van der Waals surface area (Å²) >= 11 is 0. The first kappa shape index (κ1) is 13.8. The number of aryl methyl sites for hydroxylation is 1. The van der Waals surface area contributed by atoms with Crippen molar-refractivity contribution in [2.24, 2.45) is 30.2 Å². The standard InChI is InChI=1S/C18H29N3/c1-12(17-19-4-5-21(17)3)20-13(2)18-9-14-6-15(10-18)8-16(7-14)11-18/h4-5,12-16,20H,6-11H2,1-3H3. The number of nitrogens with one attached hydrogen (secondary N) is 1. The molecule has 2 unspecified atom stereocenters. The molecule has 0 aliphatic heterocycles. The van der Waals surface area contributed by atoms with Crippen LogP contribution in [0.5, 0.6) is 0 Å². The zero-order valence-corrected chi connectivity index (χ0v) is 13.7. The number of hydrogen-bond acceptors (Lipinski definition) is 2. The Balaban J connectivity index is 1.50. The molecule has 0 spiro atoms. The van der Waals surface area contributed by atoms with E-state index in [-0.39, 0.29) is 0 Å². The minimum atomic E-state index is 0.341. The van der Waals surface area contributed by atoms with Gasteiger partial charge in [0.25, 0.3) is 0 Å². The third-order valence-corrected chi connectivity index (χ3v) is 6.75. The number of aromatic nitrogens is 2. The molecule has 21 heavy (non-hydrogen) atoms. The molecular weight excluding hydrogens is 258 g/mol. The van der Waals surface area contributed by atoms with Gasteiger partial charge in [-0.1, -0.05) is 0 Å². The van der Waals surface area contributed by atoms with Gasteiger partial charge in [0.15, 0.2) is 0 Å². The Hall–Kier alpha value is -0.830. The summed E-state index contributed by atoms with van der Waals surface area (Å²) in [6, 6.07) is 0.950. The van der Waals surface area contributed by atoms with Crippen molar-refractivity contribution < 1.29 is 0 Å². The van der Waals surface area contributed by atoms with E-state index in [1.807, 2.05) is 12.4 Å². The SMILES string of the molecule is CC(NC(C)C12CC3CC(CC(C3)C1)C2)c1nccn1C. The molecule has 116 valence electrons. The molecule has 1 aromatic rings. The van der Waals surface area contributed by atoms with Crippen molar-refractivity contribution in [3.8, 4) is 0 Å². The summed E-state index contributed by atoms with van der Waals surface area (Å²) in [5.74, 6) is 4.25. The van der Waals surface area contributed by atoms with Crippen LogP contribution in [0.3, 0.4) is 0 Å². The Morgan fingerprint density at radius 3 is 2.19 bits per heavy atom. The normalized spacial score (nSPS) is 40.4. The van der Waals surface area contributed by atoms with Gasteiger partial charge in [0.2, 0.25) is 0 Å². The lowest BCUT2D eigenvalue weighted by Gasteiger charge is -2.59. The van der Waals surface area contributed by atoms with Crippen molar-refractivity contribution in [1.82, 2.24) is 14.9 Å². The van der Waals surface area contributed by atoms with Crippen LogP contribution < -0.4 is 5.32 Å². The van der Waals surface area contributed by atoms with Crippen molar-refractivity contribution in [2.75, 3.05) is 0 Å². The van der Waals surface area contributed by atoms with Gasteiger partial charge in [0.1, 0.15) is 5.82 Å². The van der Waals surface area contributed by atoms with E-state index in [0.29, 0.717) is 17.5 Å². The first-order valence-corrected chi connectivity index (χ1v) is 8.79. The summed E-state index contributed by atoms with van der Waals surface area (Å²) in [5, 5.41) is 3.90. The first-order valence-electron chi connectivity index (χ1n) is 8.79. The molecule has 4 saturated carbocycles. The maximum absolute atomic E-state index is 4.52. The maximum Gasteiger partial charge on any atom is 0.125 e. The Kier molecular flexibility index (Phi) is 3.18. The van der Waals surface area contributed by atoms with Crippen molar-refractivity contribution in [2.45, 2.75) is 64.5 Å². The largest absolute Gasteiger partial charge is 0.337 e. The maximum atomic E-state index is 4.52. The van der Waals surface area contributed by atoms with Gasteiger partial charge >= 0.3 is 0 Å². The van der Waals surface area contributed by atoms with Crippen molar-refractivity contribution in [3.63, 3.8) is 0 Å². The molecule has 5 rings (SSSR count). The van der Waals surface area contributed by atoms with E-state index in [2.05, 4.69) is 35.8 Å². The third kappa shape index (κ3) is 2.25. The molecule has 0 aromatic carbocycles. The second-order valence-corrected chi connectivity index (χ2v) is 8.29. The number of nitrogens with zero attached hydrogens (tertiary/aromatic N) is 2. The smallest absolute Gasteiger partial charge is 0.125 e. The fourth-order valence-corrected chi connectivity index (χ4v) is 6.13. The molecule has 0 radical (unpaired) electrons. The molecular formula is C18H29N3. The van der Waals surface area contributed by atoms with E-state index in [1.165, 1.54) is 38.5 Å². The van der Waals surface area contributed by atoms with Gasteiger partial charge in [0.05, 0.1) is 6.04 Å². The molecule has 4 bridgehead atoms. The summed E-state index contributed by atoms with van der Waals surface area (Å²) in [7, 11) is 2.09. The molecule has 3 heteroatoms. The Bertz CT molecular complexity index is 483. The molecule has 3 nitrogen and oxygen atoms in total. The minimum Gasteiger partial charge on any atom is -0.337 e. The molecule has 4 fully saturated rings. The van der Waals surface area contributed by atoms with Crippen LogP contribution >= 0.6 is 0 Å². The number of rotatable bonds is 4. The van der Waals surface area contributed by atoms with Crippen LogP contribution in [0.4, 0.5) is 0 Å². The second kappa shape index (κ2) is 4.84. The van der Waals surface area contributed by atoms with Crippen molar-refractivity contribution in [3.05, 3.63) is 18.2 Å². The summed E-state index contributed by atoms with van der Waals surface area (Å²) in [4.78, 5) is 4.52. The fourth-order valence-electron chi connectivity index (χ4n) is 6.13. The molecule has 0 amide bonds. The molecule has 0 saturated heterocycles. The average molecular weight is 287 g/mol. The quantitative estimate of drug-likeness (QED) is 0.915. The lowest BCUT2D eigenvalue weighted by molar-refractivity contribution is -0.0721. The highest BCUT2D eigenvalue weighted by Crippen LogP contribution is 2.61. The minimum absolute atomic E-state index is 0.341. The van der Waals surface area contributed by atoms with Gasteiger partial charge in [-0.05, 0) is 75.5 Å². The predicted octanol–water partition coefficient (Wildman–Crippen LogP) is 3.68. The van der Waals surface area contributed by atoms with Crippen LogP contribution in [-0.2, 0) is 7.05 Å². The van der Waals surface area contributed by atoms with Crippen molar-refractivity contribution >= 4 is 0 Å². The van der Waals surface area contributed by atoms with Crippen LogP contribution in [-0.4, -0.2) is 15.6 Å². The third-order valence-electron chi connectivity index (χ3n) is 6.75. The van der Waals surface area contributed by atoms with E-state index >= 15 is 0 Å². The lowest BCUT2D eigenvalue weighted by Crippen LogP contribution is -2.55.